The van der Waals surface area contributed by atoms with Gasteiger partial charge in [-0.25, -0.2) is 0 Å². The summed E-state index contributed by atoms with van der Waals surface area (Å²) in [4.78, 5) is 16.6. The predicted octanol–water partition coefficient (Wildman–Crippen LogP) is 0.786. The second kappa shape index (κ2) is 6.36. The van der Waals surface area contributed by atoms with E-state index in [0.29, 0.717) is 5.91 Å². The quantitative estimate of drug-likeness (QED) is 0.773. The van der Waals surface area contributed by atoms with E-state index in [9.17, 15) is 4.79 Å². The SMILES string of the molecule is CCC1(C(=O)N(C)CCN(C)C)CCNCC1. The Balaban J connectivity index is 2.58. The van der Waals surface area contributed by atoms with E-state index in [0.717, 1.165) is 45.4 Å². The molecule has 17 heavy (non-hydrogen) atoms. The number of carbonyl (C=O) groups excluding carboxylic acids is 1. The van der Waals surface area contributed by atoms with Crippen molar-refractivity contribution in [2.45, 2.75) is 26.2 Å². The number of nitrogens with one attached hydrogen (secondary N) is 1. The fourth-order valence-electron chi connectivity index (χ4n) is 2.48. The molecule has 1 saturated heterocycles. The molecule has 100 valence electrons. The first-order valence-corrected chi connectivity index (χ1v) is 6.63. The molecule has 0 atom stereocenters. The Bertz CT molecular complexity index is 247. The second-order valence-corrected chi connectivity index (χ2v) is 5.41. The first-order chi connectivity index (χ1) is 8.02. The van der Waals surface area contributed by atoms with E-state index < -0.39 is 0 Å². The van der Waals surface area contributed by atoms with Crippen molar-refractivity contribution in [1.29, 1.82) is 0 Å². The van der Waals surface area contributed by atoms with Crippen LogP contribution in [0.15, 0.2) is 0 Å². The molecule has 1 rings (SSSR count). The molecule has 1 amide bonds. The molecule has 0 aromatic rings. The van der Waals surface area contributed by atoms with Crippen molar-refractivity contribution in [3.05, 3.63) is 0 Å². The molecular weight excluding hydrogens is 214 g/mol. The molecule has 0 radical (unpaired) electrons. The summed E-state index contributed by atoms with van der Waals surface area (Å²) in [6.45, 7) is 5.84. The molecule has 0 unspecified atom stereocenters. The van der Waals surface area contributed by atoms with Gasteiger partial charge in [0.15, 0.2) is 0 Å². The normalized spacial score (nSPS) is 19.4. The minimum atomic E-state index is -0.105. The third-order valence-electron chi connectivity index (χ3n) is 3.92. The predicted molar refractivity (Wildman–Crippen MR) is 71.0 cm³/mol. The number of likely N-dealkylation sites (N-methyl/N-ethyl adjacent to an activating group) is 2. The molecule has 0 saturated carbocycles. The Labute approximate surface area is 105 Å². The molecule has 0 spiro atoms. The van der Waals surface area contributed by atoms with Crippen LogP contribution in [0.2, 0.25) is 0 Å². The van der Waals surface area contributed by atoms with Crippen LogP contribution in [0.3, 0.4) is 0 Å². The summed E-state index contributed by atoms with van der Waals surface area (Å²) < 4.78 is 0. The van der Waals surface area contributed by atoms with Crippen LogP contribution in [0.4, 0.5) is 0 Å². The van der Waals surface area contributed by atoms with Crippen molar-refractivity contribution >= 4 is 5.91 Å². The van der Waals surface area contributed by atoms with Gasteiger partial charge in [0.1, 0.15) is 0 Å². The maximum absolute atomic E-state index is 12.5. The Morgan fingerprint density at radius 3 is 2.24 bits per heavy atom. The third kappa shape index (κ3) is 3.68. The summed E-state index contributed by atoms with van der Waals surface area (Å²) in [7, 11) is 6.02. The average molecular weight is 241 g/mol. The molecule has 1 aliphatic heterocycles. The molecule has 1 N–H and O–H groups in total. The number of carbonyl (C=O) groups is 1. The highest BCUT2D eigenvalue weighted by atomic mass is 16.2. The maximum atomic E-state index is 12.5. The third-order valence-corrected chi connectivity index (χ3v) is 3.92. The van der Waals surface area contributed by atoms with Crippen molar-refractivity contribution in [2.75, 3.05) is 47.3 Å². The van der Waals surface area contributed by atoms with E-state index in [4.69, 9.17) is 0 Å². The Kier molecular flexibility index (Phi) is 5.40. The highest BCUT2D eigenvalue weighted by molar-refractivity contribution is 5.82. The number of rotatable bonds is 5. The minimum Gasteiger partial charge on any atom is -0.344 e. The number of hydrogen-bond acceptors (Lipinski definition) is 3. The first kappa shape index (κ1) is 14.5. The lowest BCUT2D eigenvalue weighted by Gasteiger charge is -2.38. The van der Waals surface area contributed by atoms with Gasteiger partial charge in [0, 0.05) is 20.1 Å². The number of piperidine rings is 1. The summed E-state index contributed by atoms with van der Waals surface area (Å²) in [6.07, 6.45) is 2.92. The highest BCUT2D eigenvalue weighted by Gasteiger charge is 2.39. The molecule has 0 bridgehead atoms. The zero-order chi connectivity index (χ0) is 12.9. The van der Waals surface area contributed by atoms with Gasteiger partial charge in [-0.1, -0.05) is 6.92 Å². The van der Waals surface area contributed by atoms with Gasteiger partial charge in [-0.2, -0.15) is 0 Å². The fourth-order valence-corrected chi connectivity index (χ4v) is 2.48. The summed E-state index contributed by atoms with van der Waals surface area (Å²) in [6, 6.07) is 0. The topological polar surface area (TPSA) is 35.6 Å². The van der Waals surface area contributed by atoms with Crippen LogP contribution in [0.1, 0.15) is 26.2 Å². The molecule has 1 aliphatic rings. The second-order valence-electron chi connectivity index (χ2n) is 5.41. The van der Waals surface area contributed by atoms with Crippen LogP contribution in [0.25, 0.3) is 0 Å². The van der Waals surface area contributed by atoms with Gasteiger partial charge in [-0.15, -0.1) is 0 Å². The van der Waals surface area contributed by atoms with E-state index in [1.807, 2.05) is 26.0 Å². The zero-order valence-electron chi connectivity index (χ0n) is 11.8. The molecule has 0 aliphatic carbocycles. The Morgan fingerprint density at radius 2 is 1.76 bits per heavy atom. The number of nitrogens with zero attached hydrogens (tertiary/aromatic N) is 2. The standard InChI is InChI=1S/C13H27N3O/c1-5-13(6-8-14-9-7-13)12(17)16(4)11-10-15(2)3/h14H,5-11H2,1-4H3. The summed E-state index contributed by atoms with van der Waals surface area (Å²) in [5.74, 6) is 0.336. The minimum absolute atomic E-state index is 0.105. The summed E-state index contributed by atoms with van der Waals surface area (Å²) in [5.41, 5.74) is -0.105. The molecule has 4 heteroatoms. The van der Waals surface area contributed by atoms with E-state index >= 15 is 0 Å². The summed E-state index contributed by atoms with van der Waals surface area (Å²) in [5, 5.41) is 3.34. The van der Waals surface area contributed by atoms with Gasteiger partial charge in [0.25, 0.3) is 0 Å². The van der Waals surface area contributed by atoms with Crippen molar-refractivity contribution in [3.8, 4) is 0 Å². The molecule has 1 heterocycles. The van der Waals surface area contributed by atoms with Crippen molar-refractivity contribution < 1.29 is 4.79 Å². The molecule has 4 nitrogen and oxygen atoms in total. The molecular formula is C13H27N3O. The summed E-state index contributed by atoms with van der Waals surface area (Å²) >= 11 is 0. The lowest BCUT2D eigenvalue weighted by atomic mass is 9.75. The smallest absolute Gasteiger partial charge is 0.228 e. The van der Waals surface area contributed by atoms with E-state index in [2.05, 4.69) is 17.1 Å². The van der Waals surface area contributed by atoms with E-state index in [-0.39, 0.29) is 5.41 Å². The van der Waals surface area contributed by atoms with Crippen LogP contribution >= 0.6 is 0 Å². The van der Waals surface area contributed by atoms with Gasteiger partial charge in [0.2, 0.25) is 5.91 Å². The van der Waals surface area contributed by atoms with Gasteiger partial charge in [-0.05, 0) is 46.4 Å². The van der Waals surface area contributed by atoms with Crippen molar-refractivity contribution in [3.63, 3.8) is 0 Å². The lowest BCUT2D eigenvalue weighted by Crippen LogP contribution is -2.49. The van der Waals surface area contributed by atoms with Gasteiger partial charge in [-0.3, -0.25) is 4.79 Å². The number of amides is 1. The molecule has 0 aromatic carbocycles. The molecule has 0 aromatic heterocycles. The van der Waals surface area contributed by atoms with E-state index in [1.165, 1.54) is 0 Å². The zero-order valence-corrected chi connectivity index (χ0v) is 11.8. The van der Waals surface area contributed by atoms with Crippen LogP contribution in [0.5, 0.6) is 0 Å². The van der Waals surface area contributed by atoms with Crippen LogP contribution < -0.4 is 5.32 Å². The Hall–Kier alpha value is -0.610. The molecule has 1 fully saturated rings. The largest absolute Gasteiger partial charge is 0.344 e. The van der Waals surface area contributed by atoms with Crippen LogP contribution in [-0.4, -0.2) is 63.0 Å². The van der Waals surface area contributed by atoms with Gasteiger partial charge in [0.05, 0.1) is 5.41 Å². The number of hydrogen-bond donors (Lipinski definition) is 1. The maximum Gasteiger partial charge on any atom is 0.228 e. The highest BCUT2D eigenvalue weighted by Crippen LogP contribution is 2.34. The van der Waals surface area contributed by atoms with Gasteiger partial charge < -0.3 is 15.1 Å². The van der Waals surface area contributed by atoms with Crippen molar-refractivity contribution in [1.82, 2.24) is 15.1 Å². The lowest BCUT2D eigenvalue weighted by molar-refractivity contribution is -0.142. The fraction of sp³-hybridized carbons (Fsp3) is 0.923. The van der Waals surface area contributed by atoms with Gasteiger partial charge >= 0.3 is 0 Å². The van der Waals surface area contributed by atoms with E-state index in [1.54, 1.807) is 0 Å². The Morgan fingerprint density at radius 1 is 1.18 bits per heavy atom. The monoisotopic (exact) mass is 241 g/mol. The first-order valence-electron chi connectivity index (χ1n) is 6.63. The van der Waals surface area contributed by atoms with Crippen LogP contribution in [-0.2, 0) is 4.79 Å². The van der Waals surface area contributed by atoms with Crippen LogP contribution in [0, 0.1) is 5.41 Å². The van der Waals surface area contributed by atoms with Crippen molar-refractivity contribution in [2.24, 2.45) is 5.41 Å². The average Bonchev–Trinajstić information content (AvgIpc) is 2.35.